The van der Waals surface area contributed by atoms with Crippen LogP contribution in [-0.2, 0) is 15.9 Å². The third-order valence-corrected chi connectivity index (χ3v) is 8.21. The van der Waals surface area contributed by atoms with E-state index in [0.29, 0.717) is 10.9 Å². The molecule has 12 heteroatoms. The fourth-order valence-electron chi connectivity index (χ4n) is 4.79. The van der Waals surface area contributed by atoms with E-state index in [-0.39, 0.29) is 30.2 Å². The minimum atomic E-state index is -3.05. The van der Waals surface area contributed by atoms with Gasteiger partial charge in [-0.2, -0.15) is 8.78 Å². The Hall–Kier alpha value is -3.85. The summed E-state index contributed by atoms with van der Waals surface area (Å²) in [5.41, 5.74) is 0.235. The SMILES string of the molecule is COc1cc(F)c([C@@H]2CN(Cc3ccccc3P(C)(C)=O)C(=O)[C@H]2NC(=O)c2ccc(OC(F)F)cc2)c(F)c1. The molecule has 1 fully saturated rings. The molecule has 0 saturated carbocycles. The van der Waals surface area contributed by atoms with Gasteiger partial charge in [-0.3, -0.25) is 9.59 Å². The number of carbonyl (C=O) groups excluding carboxylic acids is 2. The molecule has 2 atom stereocenters. The summed E-state index contributed by atoms with van der Waals surface area (Å²) < 4.78 is 77.3. The minimum absolute atomic E-state index is 0.00258. The number of rotatable bonds is 9. The second kappa shape index (κ2) is 11.7. The molecule has 212 valence electrons. The van der Waals surface area contributed by atoms with Gasteiger partial charge in [0.15, 0.2) is 0 Å². The molecule has 0 bridgehead atoms. The molecule has 0 spiro atoms. The quantitative estimate of drug-likeness (QED) is 0.293. The van der Waals surface area contributed by atoms with Crippen molar-refractivity contribution < 1.29 is 41.2 Å². The van der Waals surface area contributed by atoms with Crippen molar-refractivity contribution in [3.05, 3.63) is 89.0 Å². The van der Waals surface area contributed by atoms with E-state index in [0.717, 1.165) is 24.3 Å². The van der Waals surface area contributed by atoms with Gasteiger partial charge in [-0.05, 0) is 43.2 Å². The van der Waals surface area contributed by atoms with Gasteiger partial charge in [0, 0.05) is 47.6 Å². The van der Waals surface area contributed by atoms with Crippen LogP contribution < -0.4 is 20.1 Å². The molecule has 0 unspecified atom stereocenters. The largest absolute Gasteiger partial charge is 0.497 e. The Morgan fingerprint density at radius 2 is 1.68 bits per heavy atom. The molecule has 3 aromatic carbocycles. The Morgan fingerprint density at radius 3 is 2.25 bits per heavy atom. The number of nitrogens with zero attached hydrogens (tertiary/aromatic N) is 1. The number of benzene rings is 3. The number of hydrogen-bond acceptors (Lipinski definition) is 5. The summed E-state index contributed by atoms with van der Waals surface area (Å²) in [5, 5.41) is 3.13. The number of nitrogens with one attached hydrogen (secondary N) is 1. The molecule has 1 aliphatic heterocycles. The number of hydrogen-bond donors (Lipinski definition) is 1. The Balaban J connectivity index is 1.68. The molecular formula is C28H27F4N2O5P. The van der Waals surface area contributed by atoms with Gasteiger partial charge in [0.1, 0.15) is 36.3 Å². The number of alkyl halides is 2. The summed E-state index contributed by atoms with van der Waals surface area (Å²) in [4.78, 5) is 28.0. The summed E-state index contributed by atoms with van der Waals surface area (Å²) in [6.07, 6.45) is 0. The van der Waals surface area contributed by atoms with Gasteiger partial charge in [-0.25, -0.2) is 8.78 Å². The average molecular weight is 578 g/mol. The van der Waals surface area contributed by atoms with Crippen LogP contribution in [0.1, 0.15) is 27.4 Å². The van der Waals surface area contributed by atoms with Crippen molar-refractivity contribution in [2.45, 2.75) is 25.1 Å². The molecule has 0 aliphatic carbocycles. The molecule has 0 aromatic heterocycles. The second-order valence-electron chi connectivity index (χ2n) is 9.66. The van der Waals surface area contributed by atoms with Gasteiger partial charge >= 0.3 is 6.61 Å². The van der Waals surface area contributed by atoms with E-state index in [4.69, 9.17) is 4.74 Å². The molecule has 0 radical (unpaired) electrons. The molecule has 1 N–H and O–H groups in total. The highest BCUT2D eigenvalue weighted by Crippen LogP contribution is 2.38. The van der Waals surface area contributed by atoms with Crippen molar-refractivity contribution in [2.24, 2.45) is 0 Å². The van der Waals surface area contributed by atoms with Crippen molar-refractivity contribution in [3.63, 3.8) is 0 Å². The van der Waals surface area contributed by atoms with Gasteiger partial charge in [-0.15, -0.1) is 0 Å². The van der Waals surface area contributed by atoms with E-state index in [2.05, 4.69) is 10.1 Å². The molecule has 1 aliphatic rings. The predicted molar refractivity (Wildman–Crippen MR) is 141 cm³/mol. The van der Waals surface area contributed by atoms with E-state index in [1.807, 2.05) is 0 Å². The number of carbonyl (C=O) groups is 2. The zero-order valence-electron chi connectivity index (χ0n) is 21.9. The van der Waals surface area contributed by atoms with Gasteiger partial charge in [0.05, 0.1) is 7.11 Å². The fraction of sp³-hybridized carbons (Fsp3) is 0.286. The average Bonchev–Trinajstić information content (AvgIpc) is 3.17. The lowest BCUT2D eigenvalue weighted by Crippen LogP contribution is -2.43. The van der Waals surface area contributed by atoms with E-state index in [1.165, 1.54) is 24.1 Å². The maximum absolute atomic E-state index is 15.2. The highest BCUT2D eigenvalue weighted by molar-refractivity contribution is 7.70. The van der Waals surface area contributed by atoms with Gasteiger partial charge in [0.2, 0.25) is 5.91 Å². The van der Waals surface area contributed by atoms with Crippen LogP contribution in [0, 0.1) is 11.6 Å². The van der Waals surface area contributed by atoms with E-state index in [1.54, 1.807) is 37.6 Å². The summed E-state index contributed by atoms with van der Waals surface area (Å²) in [7, 11) is -1.46. The Bertz CT molecular complexity index is 1440. The Kier molecular flexibility index (Phi) is 8.54. The molecule has 3 aromatic rings. The van der Waals surface area contributed by atoms with Crippen molar-refractivity contribution >= 4 is 24.3 Å². The lowest BCUT2D eigenvalue weighted by molar-refractivity contribution is -0.129. The number of amides is 2. The normalized spacial score (nSPS) is 17.3. The number of methoxy groups -OCH3 is 1. The number of ether oxygens (including phenoxy) is 2. The third-order valence-electron chi connectivity index (χ3n) is 6.62. The molecule has 4 rings (SSSR count). The van der Waals surface area contributed by atoms with Crippen LogP contribution in [0.5, 0.6) is 11.5 Å². The highest BCUT2D eigenvalue weighted by Gasteiger charge is 2.44. The zero-order valence-corrected chi connectivity index (χ0v) is 22.8. The first-order valence-electron chi connectivity index (χ1n) is 12.2. The lowest BCUT2D eigenvalue weighted by atomic mass is 9.92. The zero-order chi connectivity index (χ0) is 29.2. The van der Waals surface area contributed by atoms with Crippen molar-refractivity contribution in [1.29, 1.82) is 0 Å². The molecule has 2 amide bonds. The van der Waals surface area contributed by atoms with Crippen LogP contribution in [0.3, 0.4) is 0 Å². The van der Waals surface area contributed by atoms with Crippen LogP contribution in [0.15, 0.2) is 60.7 Å². The van der Waals surface area contributed by atoms with E-state index in [9.17, 15) is 22.9 Å². The minimum Gasteiger partial charge on any atom is -0.497 e. The summed E-state index contributed by atoms with van der Waals surface area (Å²) >= 11 is 0. The van der Waals surface area contributed by atoms with Crippen LogP contribution in [0.4, 0.5) is 17.6 Å². The smallest absolute Gasteiger partial charge is 0.387 e. The lowest BCUT2D eigenvalue weighted by Gasteiger charge is -2.20. The van der Waals surface area contributed by atoms with E-state index >= 15 is 8.78 Å². The van der Waals surface area contributed by atoms with Gasteiger partial charge < -0.3 is 24.3 Å². The maximum atomic E-state index is 15.2. The molecule has 1 heterocycles. The Morgan fingerprint density at radius 1 is 1.05 bits per heavy atom. The van der Waals surface area contributed by atoms with Crippen molar-refractivity contribution in [1.82, 2.24) is 10.2 Å². The van der Waals surface area contributed by atoms with Gasteiger partial charge in [0.25, 0.3) is 5.91 Å². The molecule has 1 saturated heterocycles. The molecule has 7 nitrogen and oxygen atoms in total. The first-order chi connectivity index (χ1) is 18.9. The summed E-state index contributed by atoms with van der Waals surface area (Å²) in [6, 6.07) is 12.3. The second-order valence-corrected chi connectivity index (χ2v) is 12.8. The highest BCUT2D eigenvalue weighted by atomic mass is 31.2. The predicted octanol–water partition coefficient (Wildman–Crippen LogP) is 4.75. The van der Waals surface area contributed by atoms with Crippen LogP contribution in [-0.4, -0.2) is 56.4 Å². The van der Waals surface area contributed by atoms with E-state index < -0.39 is 54.7 Å². The number of halogens is 4. The monoisotopic (exact) mass is 578 g/mol. The Labute approximate surface area is 228 Å². The molecule has 40 heavy (non-hydrogen) atoms. The first-order valence-corrected chi connectivity index (χ1v) is 14.8. The van der Waals surface area contributed by atoms with Crippen molar-refractivity contribution in [2.75, 3.05) is 27.0 Å². The van der Waals surface area contributed by atoms with Crippen LogP contribution in [0.25, 0.3) is 0 Å². The first kappa shape index (κ1) is 29.1. The third kappa shape index (κ3) is 6.31. The summed E-state index contributed by atoms with van der Waals surface area (Å²) in [6.45, 7) is 0.0166. The fourth-order valence-corrected chi connectivity index (χ4v) is 6.07. The number of likely N-dealkylation sites (tertiary alicyclic amines) is 1. The summed E-state index contributed by atoms with van der Waals surface area (Å²) in [5.74, 6) is -4.59. The molecular weight excluding hydrogens is 551 g/mol. The van der Waals surface area contributed by atoms with Gasteiger partial charge in [-0.1, -0.05) is 24.3 Å². The van der Waals surface area contributed by atoms with Crippen LogP contribution in [0.2, 0.25) is 0 Å². The van der Waals surface area contributed by atoms with Crippen molar-refractivity contribution in [3.8, 4) is 11.5 Å². The van der Waals surface area contributed by atoms with Crippen LogP contribution >= 0.6 is 7.14 Å². The topological polar surface area (TPSA) is 84.9 Å². The standard InChI is InChI=1S/C28H27F4N2O5P/c1-38-19-12-21(29)24(22(30)13-19)20-15-34(14-17-6-4-5-7-23(17)40(2,3)37)27(36)25(20)33-26(35)16-8-10-18(11-9-16)39-28(31)32/h4-13,20,25,28H,14-15H2,1-3H3,(H,33,35)/t20-,25-/m0/s1. The maximum Gasteiger partial charge on any atom is 0.387 e.